The summed E-state index contributed by atoms with van der Waals surface area (Å²) in [6.07, 6.45) is 2.59. The second kappa shape index (κ2) is 5.24. The molecule has 7 nitrogen and oxygen atoms in total. The van der Waals surface area contributed by atoms with Gasteiger partial charge in [0.15, 0.2) is 0 Å². The number of nitrogen functional groups attached to an aromatic ring is 2. The van der Waals surface area contributed by atoms with E-state index in [9.17, 15) is 4.79 Å². The summed E-state index contributed by atoms with van der Waals surface area (Å²) in [6.45, 7) is 0.487. The number of carbonyl (C=O) groups excluding carboxylic acids is 1. The Labute approximate surface area is 144 Å². The Kier molecular flexibility index (Phi) is 3.28. The normalized spacial score (nSPS) is 22.5. The highest BCUT2D eigenvalue weighted by molar-refractivity contribution is 6.28. The first-order valence-corrected chi connectivity index (χ1v) is 8.04. The second-order valence-corrected chi connectivity index (χ2v) is 6.59. The van der Waals surface area contributed by atoms with E-state index in [0.717, 1.165) is 17.5 Å². The zero-order chi connectivity index (χ0) is 17.0. The number of benzene rings is 1. The first-order valence-electron chi connectivity index (χ1n) is 7.66. The van der Waals surface area contributed by atoms with Crippen molar-refractivity contribution in [2.45, 2.75) is 24.9 Å². The Morgan fingerprint density at radius 2 is 2.08 bits per heavy atom. The van der Waals surface area contributed by atoms with Crippen LogP contribution in [0.25, 0.3) is 0 Å². The largest absolute Gasteiger partial charge is 0.397 e. The van der Waals surface area contributed by atoms with Crippen LogP contribution in [0.1, 0.15) is 23.5 Å². The van der Waals surface area contributed by atoms with Crippen LogP contribution in [0.15, 0.2) is 24.4 Å². The molecule has 2 aromatic rings. The summed E-state index contributed by atoms with van der Waals surface area (Å²) >= 11 is 5.84. The molecule has 1 aliphatic heterocycles. The number of hydrogen-bond donors (Lipinski definition) is 2. The number of halogens is 1. The zero-order valence-electron chi connectivity index (χ0n) is 13.1. The quantitative estimate of drug-likeness (QED) is 0.642. The SMILES string of the molecule is CN1C(=O)N(C2CC2c2ccc(N)c(N)c2)Cc2cnc(Cl)nc21. The maximum Gasteiger partial charge on any atom is 0.325 e. The van der Waals surface area contributed by atoms with Gasteiger partial charge in [-0.3, -0.25) is 4.90 Å². The van der Waals surface area contributed by atoms with E-state index >= 15 is 0 Å². The van der Waals surface area contributed by atoms with Crippen LogP contribution in [-0.4, -0.2) is 34.0 Å². The minimum atomic E-state index is -0.0758. The van der Waals surface area contributed by atoms with Crippen LogP contribution in [0.5, 0.6) is 0 Å². The zero-order valence-corrected chi connectivity index (χ0v) is 13.9. The molecular formula is C16H17ClN6O. The molecule has 0 bridgehead atoms. The molecule has 1 saturated carbocycles. The first-order chi connectivity index (χ1) is 11.5. The number of aromatic nitrogens is 2. The molecule has 124 valence electrons. The van der Waals surface area contributed by atoms with Gasteiger partial charge in [-0.2, -0.15) is 4.98 Å². The number of fused-ring (bicyclic) bond motifs is 1. The third-order valence-electron chi connectivity index (χ3n) is 4.70. The number of carbonyl (C=O) groups is 1. The minimum absolute atomic E-state index is 0.0758. The number of rotatable bonds is 2. The van der Waals surface area contributed by atoms with Gasteiger partial charge in [-0.1, -0.05) is 6.07 Å². The Morgan fingerprint density at radius 1 is 1.29 bits per heavy atom. The fourth-order valence-corrected chi connectivity index (χ4v) is 3.41. The summed E-state index contributed by atoms with van der Waals surface area (Å²) in [5.74, 6) is 0.852. The molecule has 8 heteroatoms. The van der Waals surface area contributed by atoms with E-state index < -0.39 is 0 Å². The topological polar surface area (TPSA) is 101 Å². The molecule has 0 saturated heterocycles. The molecule has 2 amide bonds. The molecule has 0 radical (unpaired) electrons. The van der Waals surface area contributed by atoms with E-state index in [1.165, 1.54) is 4.90 Å². The van der Waals surface area contributed by atoms with Crippen molar-refractivity contribution in [3.05, 3.63) is 40.8 Å². The summed E-state index contributed by atoms with van der Waals surface area (Å²) < 4.78 is 0. The lowest BCUT2D eigenvalue weighted by Gasteiger charge is -2.34. The Hall–Kier alpha value is -2.54. The Bertz CT molecular complexity index is 841. The number of nitrogens with zero attached hydrogens (tertiary/aromatic N) is 4. The number of anilines is 3. The van der Waals surface area contributed by atoms with E-state index in [-0.39, 0.29) is 23.3 Å². The van der Waals surface area contributed by atoms with Crippen LogP contribution >= 0.6 is 11.6 Å². The van der Waals surface area contributed by atoms with Crippen molar-refractivity contribution < 1.29 is 4.79 Å². The van der Waals surface area contributed by atoms with Crippen molar-refractivity contribution >= 4 is 34.8 Å². The fraction of sp³-hybridized carbons (Fsp3) is 0.312. The molecule has 24 heavy (non-hydrogen) atoms. The molecule has 4 rings (SSSR count). The maximum absolute atomic E-state index is 12.7. The molecule has 4 N–H and O–H groups in total. The van der Waals surface area contributed by atoms with Crippen molar-refractivity contribution in [2.75, 3.05) is 23.4 Å². The maximum atomic E-state index is 12.7. The average Bonchev–Trinajstić information content (AvgIpc) is 3.34. The molecule has 1 aromatic heterocycles. The van der Waals surface area contributed by atoms with E-state index in [0.29, 0.717) is 23.7 Å². The van der Waals surface area contributed by atoms with E-state index in [2.05, 4.69) is 9.97 Å². The van der Waals surface area contributed by atoms with E-state index in [1.54, 1.807) is 13.2 Å². The highest BCUT2D eigenvalue weighted by atomic mass is 35.5. The van der Waals surface area contributed by atoms with Crippen LogP contribution in [0.2, 0.25) is 5.28 Å². The van der Waals surface area contributed by atoms with E-state index in [4.69, 9.17) is 23.1 Å². The van der Waals surface area contributed by atoms with Crippen molar-refractivity contribution in [2.24, 2.45) is 0 Å². The number of urea groups is 1. The molecule has 1 aliphatic carbocycles. The van der Waals surface area contributed by atoms with Gasteiger partial charge in [0.1, 0.15) is 5.82 Å². The Balaban J connectivity index is 1.59. The lowest BCUT2D eigenvalue weighted by molar-refractivity contribution is 0.195. The minimum Gasteiger partial charge on any atom is -0.397 e. The van der Waals surface area contributed by atoms with E-state index in [1.807, 2.05) is 23.1 Å². The van der Waals surface area contributed by atoms with Crippen molar-refractivity contribution in [3.8, 4) is 0 Å². The molecule has 0 spiro atoms. The summed E-state index contributed by atoms with van der Waals surface area (Å²) in [7, 11) is 1.70. The third kappa shape index (κ3) is 2.32. The second-order valence-electron chi connectivity index (χ2n) is 6.26. The summed E-state index contributed by atoms with van der Waals surface area (Å²) in [5.41, 5.74) is 14.8. The van der Waals surface area contributed by atoms with Crippen molar-refractivity contribution in [3.63, 3.8) is 0 Å². The summed E-state index contributed by atoms with van der Waals surface area (Å²) in [5, 5.41) is 0.142. The lowest BCUT2D eigenvalue weighted by Crippen LogP contribution is -2.47. The van der Waals surface area contributed by atoms with Gasteiger partial charge in [0.25, 0.3) is 0 Å². The lowest BCUT2D eigenvalue weighted by atomic mass is 10.1. The standard InChI is InChI=1S/C16H17ClN6O/c1-22-14-9(6-20-15(17)21-14)7-23(16(22)24)13-5-10(13)8-2-3-11(18)12(19)4-8/h2-4,6,10,13H,5,7,18-19H2,1H3. The average molecular weight is 345 g/mol. The van der Waals surface area contributed by atoms with Gasteiger partial charge in [0, 0.05) is 30.8 Å². The predicted molar refractivity (Wildman–Crippen MR) is 92.8 cm³/mol. The van der Waals surface area contributed by atoms with Gasteiger partial charge in [0.2, 0.25) is 5.28 Å². The van der Waals surface area contributed by atoms with Crippen LogP contribution in [-0.2, 0) is 6.54 Å². The fourth-order valence-electron chi connectivity index (χ4n) is 3.28. The first kappa shape index (κ1) is 15.0. The third-order valence-corrected chi connectivity index (χ3v) is 4.88. The molecule has 1 aromatic carbocycles. The number of amides is 2. The van der Waals surface area contributed by atoms with Gasteiger partial charge in [-0.25, -0.2) is 9.78 Å². The highest BCUT2D eigenvalue weighted by Gasteiger charge is 2.47. The highest BCUT2D eigenvalue weighted by Crippen LogP contribution is 2.47. The molecule has 2 heterocycles. The van der Waals surface area contributed by atoms with Crippen LogP contribution in [0, 0.1) is 0 Å². The number of hydrogen-bond acceptors (Lipinski definition) is 5. The van der Waals surface area contributed by atoms with Crippen LogP contribution in [0.3, 0.4) is 0 Å². The van der Waals surface area contributed by atoms with Gasteiger partial charge in [-0.05, 0) is 35.7 Å². The predicted octanol–water partition coefficient (Wildman–Crippen LogP) is 2.22. The van der Waals surface area contributed by atoms with Crippen LogP contribution < -0.4 is 16.4 Å². The monoisotopic (exact) mass is 344 g/mol. The van der Waals surface area contributed by atoms with Gasteiger partial charge in [-0.15, -0.1) is 0 Å². The van der Waals surface area contributed by atoms with Crippen LogP contribution in [0.4, 0.5) is 22.0 Å². The molecule has 2 aliphatic rings. The summed E-state index contributed by atoms with van der Waals surface area (Å²) in [4.78, 5) is 24.3. The van der Waals surface area contributed by atoms with Gasteiger partial charge < -0.3 is 16.4 Å². The van der Waals surface area contributed by atoms with Crippen molar-refractivity contribution in [1.29, 1.82) is 0 Å². The molecule has 2 unspecified atom stereocenters. The smallest absolute Gasteiger partial charge is 0.325 e. The molecule has 2 atom stereocenters. The van der Waals surface area contributed by atoms with Gasteiger partial charge in [0.05, 0.1) is 17.9 Å². The number of nitrogens with two attached hydrogens (primary N) is 2. The van der Waals surface area contributed by atoms with Gasteiger partial charge >= 0.3 is 6.03 Å². The molecule has 1 fully saturated rings. The Morgan fingerprint density at radius 3 is 2.83 bits per heavy atom. The molecular weight excluding hydrogens is 328 g/mol. The summed E-state index contributed by atoms with van der Waals surface area (Å²) in [6, 6.07) is 5.76. The van der Waals surface area contributed by atoms with Crippen molar-refractivity contribution in [1.82, 2.24) is 14.9 Å².